The molecule has 0 amide bonds. The van der Waals surface area contributed by atoms with Crippen molar-refractivity contribution >= 4 is 34.8 Å². The highest BCUT2D eigenvalue weighted by Crippen LogP contribution is 2.31. The Morgan fingerprint density at radius 3 is 2.26 bits per heavy atom. The van der Waals surface area contributed by atoms with E-state index < -0.39 is 43.0 Å². The lowest BCUT2D eigenvalue weighted by atomic mass is 10.1. The molecule has 8 nitrogen and oxygen atoms in total. The molecule has 0 saturated carbocycles. The molecule has 4 aromatic rings. The molecule has 0 unspecified atom stereocenters. The van der Waals surface area contributed by atoms with Gasteiger partial charge in [0.1, 0.15) is 17.1 Å². The summed E-state index contributed by atoms with van der Waals surface area (Å²) in [6.45, 7) is -0.126. The summed E-state index contributed by atoms with van der Waals surface area (Å²) in [6.07, 6.45) is -8.99. The molecule has 0 fully saturated rings. The quantitative estimate of drug-likeness (QED) is 0.293. The van der Waals surface area contributed by atoms with E-state index in [0.717, 1.165) is 10.6 Å². The first-order valence-corrected chi connectivity index (χ1v) is 12.0. The molecule has 202 valence electrons. The van der Waals surface area contributed by atoms with Crippen LogP contribution in [0.1, 0.15) is 24.7 Å². The molecule has 0 bridgehead atoms. The summed E-state index contributed by atoms with van der Waals surface area (Å²) < 4.78 is 55.9. The van der Waals surface area contributed by atoms with Crippen LogP contribution < -0.4 is 5.69 Å². The van der Waals surface area contributed by atoms with E-state index in [-0.39, 0.29) is 38.8 Å². The Morgan fingerprint density at radius 1 is 1.03 bits per heavy atom. The SMILES string of the molecule is C[C@H](O)c1nc(Cn2c(Cl)c(-c3ccc(Cl)cc3)n(C[C@H](O)C(F)(F)F)c2=O)nn1-c1ccc(F)c(Cl)c1. The third kappa shape index (κ3) is 5.59. The van der Waals surface area contributed by atoms with Crippen molar-refractivity contribution in [1.82, 2.24) is 23.9 Å². The Hall–Kier alpha value is -2.90. The number of aliphatic hydroxyl groups excluding tert-OH is 2. The molecular formula is C23H18Cl3F4N5O3. The van der Waals surface area contributed by atoms with Crippen molar-refractivity contribution in [3.05, 3.63) is 85.6 Å². The molecule has 0 saturated heterocycles. The van der Waals surface area contributed by atoms with Gasteiger partial charge in [0.25, 0.3) is 0 Å². The number of nitrogens with zero attached hydrogens (tertiary/aromatic N) is 5. The average molecular weight is 595 g/mol. The van der Waals surface area contributed by atoms with Gasteiger partial charge in [-0.25, -0.2) is 18.9 Å². The van der Waals surface area contributed by atoms with Crippen molar-refractivity contribution in [2.75, 3.05) is 0 Å². The van der Waals surface area contributed by atoms with Crippen LogP contribution >= 0.6 is 34.8 Å². The minimum absolute atomic E-state index is 0.0247. The Labute approximate surface area is 227 Å². The zero-order valence-corrected chi connectivity index (χ0v) is 21.6. The fraction of sp³-hybridized carbons (Fsp3) is 0.261. The molecule has 4 rings (SSSR count). The minimum Gasteiger partial charge on any atom is -0.385 e. The highest BCUT2D eigenvalue weighted by atomic mass is 35.5. The third-order valence-electron chi connectivity index (χ3n) is 5.51. The number of imidazole rings is 1. The monoisotopic (exact) mass is 593 g/mol. The molecule has 2 heterocycles. The molecule has 2 aromatic carbocycles. The first-order valence-electron chi connectivity index (χ1n) is 10.9. The number of rotatable bonds is 7. The zero-order chi connectivity index (χ0) is 27.9. The Morgan fingerprint density at radius 2 is 1.68 bits per heavy atom. The molecule has 38 heavy (non-hydrogen) atoms. The van der Waals surface area contributed by atoms with Crippen molar-refractivity contribution in [2.24, 2.45) is 0 Å². The van der Waals surface area contributed by atoms with Crippen LogP contribution in [-0.4, -0.2) is 46.4 Å². The minimum atomic E-state index is -4.99. The molecular weight excluding hydrogens is 577 g/mol. The summed E-state index contributed by atoms with van der Waals surface area (Å²) >= 11 is 18.3. The third-order valence-corrected chi connectivity index (χ3v) is 6.44. The van der Waals surface area contributed by atoms with E-state index in [9.17, 15) is 32.6 Å². The van der Waals surface area contributed by atoms with Crippen molar-refractivity contribution < 1.29 is 27.8 Å². The Balaban J connectivity index is 1.82. The van der Waals surface area contributed by atoms with E-state index >= 15 is 0 Å². The van der Waals surface area contributed by atoms with Crippen molar-refractivity contribution in [3.8, 4) is 16.9 Å². The van der Waals surface area contributed by atoms with Crippen LogP contribution in [0.4, 0.5) is 17.6 Å². The number of benzene rings is 2. The zero-order valence-electron chi connectivity index (χ0n) is 19.3. The van der Waals surface area contributed by atoms with Crippen molar-refractivity contribution in [2.45, 2.75) is 38.4 Å². The van der Waals surface area contributed by atoms with E-state index in [2.05, 4.69) is 10.1 Å². The molecule has 2 atom stereocenters. The van der Waals surface area contributed by atoms with Crippen molar-refractivity contribution in [3.63, 3.8) is 0 Å². The van der Waals surface area contributed by atoms with Gasteiger partial charge in [-0.05, 0) is 37.3 Å². The number of halogens is 7. The van der Waals surface area contributed by atoms with Gasteiger partial charge in [0.2, 0.25) is 0 Å². The van der Waals surface area contributed by atoms with Gasteiger partial charge in [0, 0.05) is 10.6 Å². The van der Waals surface area contributed by atoms with Gasteiger partial charge < -0.3 is 10.2 Å². The maximum absolute atomic E-state index is 13.6. The second-order valence-electron chi connectivity index (χ2n) is 8.26. The second-order valence-corrected chi connectivity index (χ2v) is 9.46. The van der Waals surface area contributed by atoms with E-state index in [0.29, 0.717) is 9.59 Å². The van der Waals surface area contributed by atoms with Crippen LogP contribution in [0, 0.1) is 5.82 Å². The summed E-state index contributed by atoms with van der Waals surface area (Å²) in [5, 5.41) is 24.0. The lowest BCUT2D eigenvalue weighted by Gasteiger charge is -2.16. The normalized spacial score (nSPS) is 13.6. The summed E-state index contributed by atoms with van der Waals surface area (Å²) in [4.78, 5) is 17.5. The first-order chi connectivity index (χ1) is 17.8. The largest absolute Gasteiger partial charge is 0.416 e. The van der Waals surface area contributed by atoms with E-state index in [1.54, 1.807) is 0 Å². The van der Waals surface area contributed by atoms with Crippen LogP contribution in [0.2, 0.25) is 15.2 Å². The lowest BCUT2D eigenvalue weighted by Crippen LogP contribution is -2.37. The standard InChI is InChI=1S/C23H18Cl3F4N5O3/c1-11(36)21-31-18(32-35(21)14-6-7-16(27)15(25)8-14)10-34-20(26)19(12-2-4-13(24)5-3-12)33(22(34)38)9-17(37)23(28,29)30/h2-8,11,17,36-37H,9-10H2,1H3/t11-,17-/m0/s1. The number of alkyl halides is 3. The number of hydrogen-bond donors (Lipinski definition) is 2. The van der Waals surface area contributed by atoms with Gasteiger partial charge in [-0.15, -0.1) is 5.10 Å². The van der Waals surface area contributed by atoms with Gasteiger partial charge >= 0.3 is 11.9 Å². The van der Waals surface area contributed by atoms with E-state index in [4.69, 9.17) is 34.8 Å². The fourth-order valence-corrected chi connectivity index (χ4v) is 4.33. The molecule has 0 aliphatic rings. The summed E-state index contributed by atoms with van der Waals surface area (Å²) in [7, 11) is 0. The van der Waals surface area contributed by atoms with E-state index in [1.165, 1.54) is 48.0 Å². The van der Waals surface area contributed by atoms with Gasteiger partial charge in [-0.1, -0.05) is 46.9 Å². The first kappa shape index (κ1) is 28.1. The Bertz CT molecular complexity index is 1530. The van der Waals surface area contributed by atoms with Gasteiger partial charge in [-0.3, -0.25) is 9.13 Å². The summed E-state index contributed by atoms with van der Waals surface area (Å²) in [5.74, 6) is -0.692. The van der Waals surface area contributed by atoms with Gasteiger partial charge in [0.05, 0.1) is 29.5 Å². The molecule has 2 N–H and O–H groups in total. The molecule has 0 spiro atoms. The van der Waals surface area contributed by atoms with Crippen LogP contribution in [0.15, 0.2) is 47.3 Å². The highest BCUT2D eigenvalue weighted by molar-refractivity contribution is 6.32. The Kier molecular flexibility index (Phi) is 7.91. The lowest BCUT2D eigenvalue weighted by molar-refractivity contribution is -0.207. The average Bonchev–Trinajstić information content (AvgIpc) is 3.36. The van der Waals surface area contributed by atoms with E-state index in [1.807, 2.05) is 0 Å². The van der Waals surface area contributed by atoms with Crippen LogP contribution in [-0.2, 0) is 13.1 Å². The molecule has 0 radical (unpaired) electrons. The number of aliphatic hydroxyl groups is 2. The van der Waals surface area contributed by atoms with Crippen LogP contribution in [0.5, 0.6) is 0 Å². The molecule has 15 heteroatoms. The predicted molar refractivity (Wildman–Crippen MR) is 132 cm³/mol. The molecule has 0 aliphatic carbocycles. The summed E-state index contributed by atoms with van der Waals surface area (Å²) in [5.41, 5.74) is -0.522. The fourth-order valence-electron chi connectivity index (χ4n) is 3.68. The number of hydrogen-bond acceptors (Lipinski definition) is 5. The van der Waals surface area contributed by atoms with Crippen LogP contribution in [0.25, 0.3) is 16.9 Å². The van der Waals surface area contributed by atoms with Crippen LogP contribution in [0.3, 0.4) is 0 Å². The predicted octanol–water partition coefficient (Wildman–Crippen LogP) is 5.02. The molecule has 0 aliphatic heterocycles. The second kappa shape index (κ2) is 10.7. The number of aromatic nitrogens is 5. The highest BCUT2D eigenvalue weighted by Gasteiger charge is 2.39. The summed E-state index contributed by atoms with van der Waals surface area (Å²) in [6, 6.07) is 9.54. The van der Waals surface area contributed by atoms with Gasteiger partial charge in [0.15, 0.2) is 17.8 Å². The maximum atomic E-state index is 13.6. The maximum Gasteiger partial charge on any atom is 0.416 e. The van der Waals surface area contributed by atoms with Gasteiger partial charge in [-0.2, -0.15) is 13.2 Å². The van der Waals surface area contributed by atoms with Crippen molar-refractivity contribution in [1.29, 1.82) is 0 Å². The topological polar surface area (TPSA) is 98.1 Å². The smallest absolute Gasteiger partial charge is 0.385 e. The molecule has 2 aromatic heterocycles.